The first kappa shape index (κ1) is 30.6. The second-order valence-electron chi connectivity index (χ2n) is 11.5. The van der Waals surface area contributed by atoms with E-state index >= 15 is 0 Å². The van der Waals surface area contributed by atoms with Crippen molar-refractivity contribution >= 4 is 29.5 Å². The highest BCUT2D eigenvalue weighted by molar-refractivity contribution is 7.91. The van der Waals surface area contributed by atoms with Crippen LogP contribution >= 0.6 is 0 Å². The van der Waals surface area contributed by atoms with Gasteiger partial charge in [-0.05, 0) is 50.1 Å². The number of fused-ring (bicyclic) bond motifs is 1. The van der Waals surface area contributed by atoms with Crippen molar-refractivity contribution in [1.82, 2.24) is 19.7 Å². The Kier molecular flexibility index (Phi) is 8.59. The standard InChI is InChI=1S/C26H33F3N4O6SSi/c1-25(9-13-40(35,36)14-10-25)32-22(34)21-24(37-12-15-41(2,3)4)33-16-18(7-8-20(33)31-21)39-23-19(6-5-11-30-23)38-17-26(27,28)29/h5-8,11,16H,9-10,12-15,17H2,1-4H3,(H,32,34). The van der Waals surface area contributed by atoms with E-state index in [-0.39, 0.29) is 53.3 Å². The lowest BCUT2D eigenvalue weighted by atomic mass is 9.94. The molecule has 3 aromatic rings. The van der Waals surface area contributed by atoms with E-state index in [4.69, 9.17) is 14.2 Å². The fourth-order valence-corrected chi connectivity index (χ4v) is 6.53. The molecule has 3 aromatic heterocycles. The Bertz CT molecular complexity index is 1510. The fraction of sp³-hybridized carbons (Fsp3) is 0.500. The Labute approximate surface area is 237 Å². The average Bonchev–Trinajstić information content (AvgIpc) is 3.22. The molecule has 0 aromatic carbocycles. The van der Waals surface area contributed by atoms with Gasteiger partial charge in [0.05, 0.1) is 24.3 Å². The lowest BCUT2D eigenvalue weighted by Crippen LogP contribution is -2.51. The van der Waals surface area contributed by atoms with Crippen molar-refractivity contribution in [3.8, 4) is 23.3 Å². The maximum absolute atomic E-state index is 13.4. The smallest absolute Gasteiger partial charge is 0.422 e. The summed E-state index contributed by atoms with van der Waals surface area (Å²) in [5, 5.41) is 2.95. The number of hydrogen-bond donors (Lipinski definition) is 1. The third kappa shape index (κ3) is 8.35. The number of alkyl halides is 3. The normalized spacial score (nSPS) is 16.8. The molecule has 1 fully saturated rings. The molecule has 0 unspecified atom stereocenters. The highest BCUT2D eigenvalue weighted by atomic mass is 32.2. The number of ether oxygens (including phenoxy) is 3. The molecular formula is C26H33F3N4O6SSi. The molecule has 224 valence electrons. The van der Waals surface area contributed by atoms with Gasteiger partial charge in [0, 0.05) is 19.8 Å². The van der Waals surface area contributed by atoms with Crippen LogP contribution in [0.2, 0.25) is 25.7 Å². The largest absolute Gasteiger partial charge is 0.478 e. The zero-order valence-corrected chi connectivity index (χ0v) is 25.1. The van der Waals surface area contributed by atoms with Crippen LogP contribution in [0, 0.1) is 0 Å². The van der Waals surface area contributed by atoms with Crippen LogP contribution in [0.5, 0.6) is 23.3 Å². The van der Waals surface area contributed by atoms with Crippen LogP contribution in [0.15, 0.2) is 36.7 Å². The van der Waals surface area contributed by atoms with E-state index in [0.717, 1.165) is 6.04 Å². The number of imidazole rings is 1. The number of nitrogens with one attached hydrogen (secondary N) is 1. The van der Waals surface area contributed by atoms with Crippen molar-refractivity contribution < 1.29 is 40.6 Å². The van der Waals surface area contributed by atoms with Gasteiger partial charge >= 0.3 is 6.18 Å². The minimum atomic E-state index is -4.54. The third-order valence-corrected chi connectivity index (χ3v) is 9.90. The molecule has 1 saturated heterocycles. The second-order valence-corrected chi connectivity index (χ2v) is 19.4. The first-order valence-corrected chi connectivity index (χ1v) is 18.6. The number of sulfone groups is 1. The third-order valence-electron chi connectivity index (χ3n) is 6.54. The molecule has 0 radical (unpaired) electrons. The first-order chi connectivity index (χ1) is 19.0. The van der Waals surface area contributed by atoms with Crippen molar-refractivity contribution in [2.75, 3.05) is 24.7 Å². The van der Waals surface area contributed by atoms with Crippen LogP contribution < -0.4 is 19.5 Å². The number of nitrogens with zero attached hydrogens (tertiary/aromatic N) is 3. The molecule has 1 aliphatic rings. The Hall–Kier alpha value is -3.33. The Morgan fingerprint density at radius 1 is 1.15 bits per heavy atom. The summed E-state index contributed by atoms with van der Waals surface area (Å²) in [6.07, 6.45) is -1.12. The quantitative estimate of drug-likeness (QED) is 0.321. The van der Waals surface area contributed by atoms with E-state index < -0.39 is 42.1 Å². The number of carbonyl (C=O) groups excluding carboxylic acids is 1. The summed E-state index contributed by atoms with van der Waals surface area (Å²) in [6.45, 7) is 7.20. The number of amides is 1. The minimum absolute atomic E-state index is 0.0165. The number of aromatic nitrogens is 3. The van der Waals surface area contributed by atoms with Gasteiger partial charge in [-0.25, -0.2) is 18.4 Å². The summed E-state index contributed by atoms with van der Waals surface area (Å²) in [6, 6.07) is 6.65. The highest BCUT2D eigenvalue weighted by Crippen LogP contribution is 2.32. The van der Waals surface area contributed by atoms with Crippen LogP contribution in [0.1, 0.15) is 30.3 Å². The van der Waals surface area contributed by atoms with Crippen LogP contribution in [0.3, 0.4) is 0 Å². The lowest BCUT2D eigenvalue weighted by Gasteiger charge is -2.34. The Morgan fingerprint density at radius 3 is 2.51 bits per heavy atom. The number of halogens is 3. The number of pyridine rings is 2. The van der Waals surface area contributed by atoms with Gasteiger partial charge < -0.3 is 19.5 Å². The van der Waals surface area contributed by atoms with Crippen molar-refractivity contribution in [1.29, 1.82) is 0 Å². The van der Waals surface area contributed by atoms with E-state index in [9.17, 15) is 26.4 Å². The fourth-order valence-electron chi connectivity index (χ4n) is 4.08. The predicted octanol–water partition coefficient (Wildman–Crippen LogP) is 4.88. The molecule has 0 atom stereocenters. The summed E-state index contributed by atoms with van der Waals surface area (Å²) in [4.78, 5) is 21.9. The molecular weight excluding hydrogens is 581 g/mol. The van der Waals surface area contributed by atoms with E-state index in [2.05, 4.69) is 34.9 Å². The SMILES string of the molecule is CC1(NC(=O)c2nc3ccc(Oc4ncccc4OCC(F)(F)F)cn3c2OCC[Si](C)(C)C)CCS(=O)(=O)CC1. The van der Waals surface area contributed by atoms with Gasteiger partial charge in [0.1, 0.15) is 21.2 Å². The number of rotatable bonds is 10. The van der Waals surface area contributed by atoms with Gasteiger partial charge in [0.2, 0.25) is 5.88 Å². The maximum atomic E-state index is 13.4. The van der Waals surface area contributed by atoms with Crippen LogP contribution in [0.25, 0.3) is 5.65 Å². The van der Waals surface area contributed by atoms with Gasteiger partial charge in [0.15, 0.2) is 18.1 Å². The Morgan fingerprint density at radius 2 is 1.85 bits per heavy atom. The molecule has 4 heterocycles. The molecule has 1 aliphatic heterocycles. The molecule has 0 aliphatic carbocycles. The zero-order chi connectivity index (χ0) is 30.1. The highest BCUT2D eigenvalue weighted by Gasteiger charge is 2.36. The van der Waals surface area contributed by atoms with Crippen molar-refractivity contribution in [3.05, 3.63) is 42.4 Å². The lowest BCUT2D eigenvalue weighted by molar-refractivity contribution is -0.153. The van der Waals surface area contributed by atoms with Gasteiger partial charge in [-0.3, -0.25) is 9.20 Å². The van der Waals surface area contributed by atoms with Crippen LogP contribution in [-0.4, -0.2) is 73.2 Å². The molecule has 0 spiro atoms. The molecule has 1 amide bonds. The number of hydrogen-bond acceptors (Lipinski definition) is 8. The molecule has 4 rings (SSSR count). The van der Waals surface area contributed by atoms with E-state index in [1.165, 1.54) is 35.0 Å². The van der Waals surface area contributed by atoms with Gasteiger partial charge in [-0.2, -0.15) is 13.2 Å². The van der Waals surface area contributed by atoms with Crippen molar-refractivity contribution in [2.24, 2.45) is 0 Å². The summed E-state index contributed by atoms with van der Waals surface area (Å²) >= 11 is 0. The summed E-state index contributed by atoms with van der Waals surface area (Å²) < 4.78 is 80.2. The average molecular weight is 615 g/mol. The molecule has 15 heteroatoms. The van der Waals surface area contributed by atoms with E-state index in [1.54, 1.807) is 13.0 Å². The topological polar surface area (TPSA) is 121 Å². The molecule has 41 heavy (non-hydrogen) atoms. The van der Waals surface area contributed by atoms with Crippen LogP contribution in [-0.2, 0) is 9.84 Å². The van der Waals surface area contributed by atoms with Gasteiger partial charge in [-0.1, -0.05) is 19.6 Å². The zero-order valence-electron chi connectivity index (χ0n) is 23.2. The van der Waals surface area contributed by atoms with Crippen molar-refractivity contribution in [3.63, 3.8) is 0 Å². The molecule has 0 saturated carbocycles. The van der Waals surface area contributed by atoms with Gasteiger partial charge in [0.25, 0.3) is 11.8 Å². The minimum Gasteiger partial charge on any atom is -0.478 e. The first-order valence-electron chi connectivity index (χ1n) is 13.0. The van der Waals surface area contributed by atoms with E-state index in [0.29, 0.717) is 12.3 Å². The van der Waals surface area contributed by atoms with Gasteiger partial charge in [-0.15, -0.1) is 0 Å². The molecule has 1 N–H and O–H groups in total. The van der Waals surface area contributed by atoms with E-state index in [1.807, 2.05) is 0 Å². The monoisotopic (exact) mass is 614 g/mol. The summed E-state index contributed by atoms with van der Waals surface area (Å²) in [5.41, 5.74) is -0.329. The van der Waals surface area contributed by atoms with Crippen molar-refractivity contribution in [2.45, 2.75) is 57.2 Å². The summed E-state index contributed by atoms with van der Waals surface area (Å²) in [7, 11) is -4.62. The molecule has 10 nitrogen and oxygen atoms in total. The van der Waals surface area contributed by atoms with Crippen LogP contribution in [0.4, 0.5) is 13.2 Å². The number of carbonyl (C=O) groups is 1. The Balaban J connectivity index is 1.64. The predicted molar refractivity (Wildman–Crippen MR) is 148 cm³/mol. The maximum Gasteiger partial charge on any atom is 0.422 e. The second kappa shape index (κ2) is 11.5. The summed E-state index contributed by atoms with van der Waals surface area (Å²) in [5.74, 6) is -0.539. The molecule has 0 bridgehead atoms.